The van der Waals surface area contributed by atoms with Crippen LogP contribution >= 0.6 is 0 Å². The lowest BCUT2D eigenvalue weighted by Gasteiger charge is -2.26. The number of nitrogens with zero attached hydrogens (tertiary/aromatic N) is 3. The molecular formula is C12H19N3O2. The molecule has 1 aliphatic rings. The summed E-state index contributed by atoms with van der Waals surface area (Å²) in [6, 6.07) is 2.36. The molecule has 1 saturated carbocycles. The van der Waals surface area contributed by atoms with Crippen LogP contribution in [-0.4, -0.2) is 38.3 Å². The number of aryl methyl sites for hydroxylation is 1. The second-order valence-electron chi connectivity index (χ2n) is 4.72. The van der Waals surface area contributed by atoms with Gasteiger partial charge >= 0.3 is 5.97 Å². The van der Waals surface area contributed by atoms with Crippen molar-refractivity contribution in [1.29, 1.82) is 0 Å². The van der Waals surface area contributed by atoms with E-state index in [1.54, 1.807) is 4.68 Å². The van der Waals surface area contributed by atoms with Crippen molar-refractivity contribution in [1.82, 2.24) is 14.7 Å². The third-order valence-corrected chi connectivity index (χ3v) is 3.31. The van der Waals surface area contributed by atoms with Crippen molar-refractivity contribution in [2.45, 2.75) is 38.3 Å². The smallest absolute Gasteiger partial charge is 0.317 e. The van der Waals surface area contributed by atoms with Gasteiger partial charge in [-0.15, -0.1) is 0 Å². The Hall–Kier alpha value is -1.36. The van der Waals surface area contributed by atoms with Crippen LogP contribution in [0.3, 0.4) is 0 Å². The molecule has 5 nitrogen and oxygen atoms in total. The molecule has 0 aliphatic heterocycles. The van der Waals surface area contributed by atoms with Crippen LogP contribution in [-0.2, 0) is 18.4 Å². The highest BCUT2D eigenvalue weighted by Crippen LogP contribution is 2.24. The van der Waals surface area contributed by atoms with E-state index in [4.69, 9.17) is 5.11 Å². The van der Waals surface area contributed by atoms with E-state index in [0.29, 0.717) is 12.6 Å². The summed E-state index contributed by atoms with van der Waals surface area (Å²) < 4.78 is 1.75. The molecule has 1 aromatic rings. The first-order valence-electron chi connectivity index (χ1n) is 6.09. The fourth-order valence-corrected chi connectivity index (χ4v) is 2.51. The van der Waals surface area contributed by atoms with Gasteiger partial charge in [0.25, 0.3) is 0 Å². The molecule has 17 heavy (non-hydrogen) atoms. The van der Waals surface area contributed by atoms with E-state index < -0.39 is 5.97 Å². The molecule has 1 aliphatic carbocycles. The summed E-state index contributed by atoms with van der Waals surface area (Å²) in [5.41, 5.74) is 0.945. The molecular weight excluding hydrogens is 218 g/mol. The molecule has 1 heterocycles. The number of carbonyl (C=O) groups is 1. The highest BCUT2D eigenvalue weighted by atomic mass is 16.4. The summed E-state index contributed by atoms with van der Waals surface area (Å²) in [7, 11) is 1.88. The van der Waals surface area contributed by atoms with E-state index in [0.717, 1.165) is 18.5 Å². The Morgan fingerprint density at radius 1 is 1.59 bits per heavy atom. The number of hydrogen-bond acceptors (Lipinski definition) is 3. The Labute approximate surface area is 101 Å². The van der Waals surface area contributed by atoms with Crippen molar-refractivity contribution >= 4 is 5.97 Å². The number of rotatable bonds is 5. The molecule has 0 saturated heterocycles. The van der Waals surface area contributed by atoms with Crippen molar-refractivity contribution in [3.8, 4) is 0 Å². The second-order valence-corrected chi connectivity index (χ2v) is 4.72. The summed E-state index contributed by atoms with van der Waals surface area (Å²) in [6.07, 6.45) is 6.54. The fraction of sp³-hybridized carbons (Fsp3) is 0.667. The second kappa shape index (κ2) is 5.31. The van der Waals surface area contributed by atoms with E-state index in [1.807, 2.05) is 24.2 Å². The summed E-state index contributed by atoms with van der Waals surface area (Å²) in [5, 5.41) is 13.3. The van der Waals surface area contributed by atoms with Crippen LogP contribution in [0.25, 0.3) is 0 Å². The van der Waals surface area contributed by atoms with Gasteiger partial charge < -0.3 is 5.11 Å². The maximum absolute atomic E-state index is 10.9. The molecule has 0 unspecified atom stereocenters. The Balaban J connectivity index is 2.01. The molecule has 0 radical (unpaired) electrons. The van der Waals surface area contributed by atoms with Gasteiger partial charge in [0, 0.05) is 25.8 Å². The third-order valence-electron chi connectivity index (χ3n) is 3.31. The molecule has 5 heteroatoms. The van der Waals surface area contributed by atoms with Crippen molar-refractivity contribution in [3.63, 3.8) is 0 Å². The summed E-state index contributed by atoms with van der Waals surface area (Å²) >= 11 is 0. The minimum atomic E-state index is -0.757. The highest BCUT2D eigenvalue weighted by molar-refractivity contribution is 5.69. The van der Waals surface area contributed by atoms with E-state index in [2.05, 4.69) is 5.10 Å². The predicted octanol–water partition coefficient (Wildman–Crippen LogP) is 1.25. The zero-order chi connectivity index (χ0) is 12.3. The average Bonchev–Trinajstić information content (AvgIpc) is 2.87. The Bertz CT molecular complexity index is 383. The van der Waals surface area contributed by atoms with Crippen molar-refractivity contribution in [2.24, 2.45) is 7.05 Å². The first kappa shape index (κ1) is 12.1. The quantitative estimate of drug-likeness (QED) is 0.837. The van der Waals surface area contributed by atoms with Gasteiger partial charge in [0.2, 0.25) is 0 Å². The lowest BCUT2D eigenvalue weighted by atomic mass is 10.2. The number of carboxylic acid groups (broad SMARTS) is 1. The maximum Gasteiger partial charge on any atom is 0.317 e. The lowest BCUT2D eigenvalue weighted by Crippen LogP contribution is -2.37. The molecule has 0 aromatic carbocycles. The molecule has 1 N–H and O–H groups in total. The summed E-state index contributed by atoms with van der Waals surface area (Å²) in [6.45, 7) is 0.749. The standard InChI is InChI=1S/C12H19N3O2/c1-14-7-6-10(13-14)8-15(9-12(16)17)11-4-2-3-5-11/h6-7,11H,2-5,8-9H2,1H3,(H,16,17). The Morgan fingerprint density at radius 2 is 2.29 bits per heavy atom. The zero-order valence-electron chi connectivity index (χ0n) is 10.2. The molecule has 0 amide bonds. The predicted molar refractivity (Wildman–Crippen MR) is 63.5 cm³/mol. The zero-order valence-corrected chi connectivity index (χ0v) is 10.2. The molecule has 2 rings (SSSR count). The summed E-state index contributed by atoms with van der Waals surface area (Å²) in [4.78, 5) is 12.9. The van der Waals surface area contributed by atoms with E-state index in [9.17, 15) is 4.79 Å². The third kappa shape index (κ3) is 3.30. The Morgan fingerprint density at radius 3 is 2.82 bits per heavy atom. The van der Waals surface area contributed by atoms with Crippen LogP contribution < -0.4 is 0 Å². The summed E-state index contributed by atoms with van der Waals surface area (Å²) in [5.74, 6) is -0.757. The number of aliphatic carboxylic acids is 1. The van der Waals surface area contributed by atoms with E-state index in [-0.39, 0.29) is 6.54 Å². The molecule has 0 atom stereocenters. The van der Waals surface area contributed by atoms with Gasteiger partial charge in [0.05, 0.1) is 12.2 Å². The van der Waals surface area contributed by atoms with Gasteiger partial charge in [0.1, 0.15) is 0 Å². The van der Waals surface area contributed by atoms with E-state index in [1.165, 1.54) is 12.8 Å². The van der Waals surface area contributed by atoms with Crippen LogP contribution in [0, 0.1) is 0 Å². The maximum atomic E-state index is 10.9. The van der Waals surface area contributed by atoms with Crippen molar-refractivity contribution in [3.05, 3.63) is 18.0 Å². The molecule has 1 fully saturated rings. The largest absolute Gasteiger partial charge is 0.480 e. The first-order valence-corrected chi connectivity index (χ1v) is 6.09. The monoisotopic (exact) mass is 237 g/mol. The van der Waals surface area contributed by atoms with Crippen LogP contribution in [0.5, 0.6) is 0 Å². The molecule has 0 spiro atoms. The number of hydrogen-bond donors (Lipinski definition) is 1. The highest BCUT2D eigenvalue weighted by Gasteiger charge is 2.24. The minimum absolute atomic E-state index is 0.112. The molecule has 1 aromatic heterocycles. The molecule has 0 bridgehead atoms. The van der Waals surface area contributed by atoms with Crippen molar-refractivity contribution in [2.75, 3.05) is 6.54 Å². The Kier molecular flexibility index (Phi) is 3.78. The van der Waals surface area contributed by atoms with Gasteiger partial charge in [-0.1, -0.05) is 12.8 Å². The fourth-order valence-electron chi connectivity index (χ4n) is 2.51. The van der Waals surface area contributed by atoms with Crippen LogP contribution in [0.15, 0.2) is 12.3 Å². The molecule has 94 valence electrons. The average molecular weight is 237 g/mol. The van der Waals surface area contributed by atoms with Gasteiger partial charge in [-0.05, 0) is 18.9 Å². The van der Waals surface area contributed by atoms with Crippen molar-refractivity contribution < 1.29 is 9.90 Å². The topological polar surface area (TPSA) is 58.4 Å². The van der Waals surface area contributed by atoms with Crippen LogP contribution in [0.1, 0.15) is 31.4 Å². The SMILES string of the molecule is Cn1ccc(CN(CC(=O)O)C2CCCC2)n1. The van der Waals surface area contributed by atoms with Gasteiger partial charge in [-0.2, -0.15) is 5.10 Å². The van der Waals surface area contributed by atoms with Crippen LogP contribution in [0.4, 0.5) is 0 Å². The minimum Gasteiger partial charge on any atom is -0.480 e. The lowest BCUT2D eigenvalue weighted by molar-refractivity contribution is -0.139. The van der Waals surface area contributed by atoms with Gasteiger partial charge in [0.15, 0.2) is 0 Å². The van der Waals surface area contributed by atoms with Gasteiger partial charge in [-0.3, -0.25) is 14.4 Å². The van der Waals surface area contributed by atoms with E-state index >= 15 is 0 Å². The first-order chi connectivity index (χ1) is 8.15. The number of aromatic nitrogens is 2. The van der Waals surface area contributed by atoms with Gasteiger partial charge in [-0.25, -0.2) is 0 Å². The van der Waals surface area contributed by atoms with Crippen LogP contribution in [0.2, 0.25) is 0 Å². The normalized spacial score (nSPS) is 16.8. The number of carboxylic acids is 1.